The minimum Gasteiger partial charge on any atom is -0.504 e. The van der Waals surface area contributed by atoms with Gasteiger partial charge in [0.15, 0.2) is 16.7 Å². The van der Waals surface area contributed by atoms with Crippen LogP contribution in [-0.4, -0.2) is 39.1 Å². The summed E-state index contributed by atoms with van der Waals surface area (Å²) in [6.45, 7) is 2.24. The van der Waals surface area contributed by atoms with Gasteiger partial charge in [-0.25, -0.2) is 10.4 Å². The lowest BCUT2D eigenvalue weighted by Crippen LogP contribution is -2.24. The lowest BCUT2D eigenvalue weighted by molar-refractivity contribution is -0.118. The number of hydrogen-bond acceptors (Lipinski definition) is 8. The summed E-state index contributed by atoms with van der Waals surface area (Å²) < 4.78 is 6.92. The van der Waals surface area contributed by atoms with Crippen molar-refractivity contribution in [2.75, 3.05) is 12.4 Å². The van der Waals surface area contributed by atoms with Gasteiger partial charge in [-0.3, -0.25) is 14.2 Å². The second kappa shape index (κ2) is 11.6. The van der Waals surface area contributed by atoms with E-state index in [1.165, 1.54) is 11.1 Å². The molecule has 0 radical (unpaired) electrons. The number of aromatic nitrogens is 2. The molecule has 1 amide bonds. The quantitative estimate of drug-likeness (QED) is 0.129. The minimum absolute atomic E-state index is 0.0149. The zero-order valence-electron chi connectivity index (χ0n) is 20.6. The number of thioether (sulfide) groups is 1. The summed E-state index contributed by atoms with van der Waals surface area (Å²) in [5, 5.41) is 15.9. The number of aryl methyl sites for hydroxylation is 2. The van der Waals surface area contributed by atoms with Crippen molar-refractivity contribution < 1.29 is 14.6 Å². The number of phenolic OH excluding ortho intramolecular Hbond substituents is 1. The number of fused-ring (bicyclic) bond motifs is 3. The number of ether oxygens (including phenoxy) is 1. The van der Waals surface area contributed by atoms with Crippen molar-refractivity contribution >= 4 is 57.0 Å². The molecule has 196 valence electrons. The highest BCUT2D eigenvalue weighted by Crippen LogP contribution is 2.35. The first kappa shape index (κ1) is 26.3. The van der Waals surface area contributed by atoms with E-state index >= 15 is 0 Å². The van der Waals surface area contributed by atoms with Crippen LogP contribution in [0.1, 0.15) is 35.8 Å². The summed E-state index contributed by atoms with van der Waals surface area (Å²) in [6.07, 6.45) is 5.36. The molecule has 1 aliphatic rings. The van der Waals surface area contributed by atoms with Crippen molar-refractivity contribution in [2.45, 2.75) is 37.8 Å². The molecule has 38 heavy (non-hydrogen) atoms. The Balaban J connectivity index is 1.39. The van der Waals surface area contributed by atoms with Crippen molar-refractivity contribution in [3.05, 3.63) is 73.8 Å². The van der Waals surface area contributed by atoms with Crippen molar-refractivity contribution in [1.29, 1.82) is 0 Å². The molecule has 2 aromatic heterocycles. The molecular formula is C27H25ClN4O4S2. The van der Waals surface area contributed by atoms with E-state index in [-0.39, 0.29) is 23.0 Å². The zero-order chi connectivity index (χ0) is 26.6. The van der Waals surface area contributed by atoms with E-state index < -0.39 is 0 Å². The third kappa shape index (κ3) is 5.43. The van der Waals surface area contributed by atoms with E-state index in [1.807, 2.05) is 6.92 Å². The Bertz CT molecular complexity index is 1580. The molecule has 5 rings (SSSR count). The molecule has 0 unspecified atom stereocenters. The van der Waals surface area contributed by atoms with E-state index in [2.05, 4.69) is 10.5 Å². The van der Waals surface area contributed by atoms with Crippen LogP contribution in [0.3, 0.4) is 0 Å². The number of para-hydroxylation sites is 1. The van der Waals surface area contributed by atoms with Crippen LogP contribution in [0.15, 0.2) is 57.5 Å². The fraction of sp³-hybridized carbons (Fsp3) is 0.259. The lowest BCUT2D eigenvalue weighted by Gasteiger charge is -2.13. The summed E-state index contributed by atoms with van der Waals surface area (Å²) in [6, 6.07) is 12.0. The highest BCUT2D eigenvalue weighted by Gasteiger charge is 2.23. The molecule has 2 aromatic carbocycles. The molecule has 4 aromatic rings. The SMILES string of the molecule is CCOc1cccc(/C=N/NC(=O)CSc2nc3sc4c(c3c(=O)n2-c2ccc(Cl)cc2)CCCC4)c1O. The number of carbonyl (C=O) groups excluding carboxylic acids is 1. The summed E-state index contributed by atoms with van der Waals surface area (Å²) in [5.74, 6) is -0.104. The average Bonchev–Trinajstić information content (AvgIpc) is 3.29. The van der Waals surface area contributed by atoms with Crippen LogP contribution >= 0.6 is 34.7 Å². The number of hydrogen-bond donors (Lipinski definition) is 2. The standard InChI is InChI=1S/C27H25ClN4O4S2/c1-2-36-20-8-5-6-16(24(20)34)14-29-31-22(33)15-37-27-30-25-23(19-7-3-4-9-21(19)38-25)26(35)32(27)18-12-10-17(28)11-13-18/h5-6,8,10-14,34H,2-4,7,9,15H2,1H3,(H,31,33)/b29-14+. The smallest absolute Gasteiger partial charge is 0.267 e. The van der Waals surface area contributed by atoms with Crippen molar-refractivity contribution in [3.8, 4) is 17.2 Å². The normalized spacial score (nSPS) is 13.1. The lowest BCUT2D eigenvalue weighted by atomic mass is 9.97. The Kier molecular flexibility index (Phi) is 8.01. The minimum atomic E-state index is -0.380. The van der Waals surface area contributed by atoms with Crippen LogP contribution in [0.5, 0.6) is 11.5 Å². The number of amides is 1. The Labute approximate surface area is 232 Å². The number of halogens is 1. The molecule has 0 atom stereocenters. The van der Waals surface area contributed by atoms with Gasteiger partial charge in [-0.2, -0.15) is 5.10 Å². The Hall–Kier alpha value is -3.34. The first-order valence-electron chi connectivity index (χ1n) is 12.2. The number of phenols is 1. The van der Waals surface area contributed by atoms with E-state index in [0.717, 1.165) is 43.0 Å². The third-order valence-electron chi connectivity index (χ3n) is 6.10. The van der Waals surface area contributed by atoms with Crippen molar-refractivity contribution in [1.82, 2.24) is 15.0 Å². The molecule has 1 aliphatic carbocycles. The maximum absolute atomic E-state index is 13.8. The van der Waals surface area contributed by atoms with E-state index in [4.69, 9.17) is 21.3 Å². The summed E-state index contributed by atoms with van der Waals surface area (Å²) in [7, 11) is 0. The number of thiophene rings is 1. The van der Waals surface area contributed by atoms with Gasteiger partial charge >= 0.3 is 0 Å². The number of nitrogens with zero attached hydrogens (tertiary/aromatic N) is 3. The maximum Gasteiger partial charge on any atom is 0.267 e. The van der Waals surface area contributed by atoms with Gasteiger partial charge in [0, 0.05) is 15.5 Å². The zero-order valence-corrected chi connectivity index (χ0v) is 23.0. The fourth-order valence-electron chi connectivity index (χ4n) is 4.35. The second-order valence-electron chi connectivity index (χ2n) is 8.61. The van der Waals surface area contributed by atoms with Crippen LogP contribution < -0.4 is 15.7 Å². The number of aromatic hydroxyl groups is 1. The van der Waals surface area contributed by atoms with E-state index in [9.17, 15) is 14.7 Å². The molecular weight excluding hydrogens is 544 g/mol. The monoisotopic (exact) mass is 568 g/mol. The van der Waals surface area contributed by atoms with Gasteiger partial charge in [0.1, 0.15) is 4.83 Å². The van der Waals surface area contributed by atoms with Gasteiger partial charge in [-0.05, 0) is 74.6 Å². The Morgan fingerprint density at radius 3 is 2.84 bits per heavy atom. The molecule has 0 bridgehead atoms. The van der Waals surface area contributed by atoms with Crippen LogP contribution in [0.25, 0.3) is 15.9 Å². The molecule has 2 heterocycles. The Morgan fingerprint density at radius 1 is 1.26 bits per heavy atom. The number of benzene rings is 2. The second-order valence-corrected chi connectivity index (χ2v) is 11.1. The summed E-state index contributed by atoms with van der Waals surface area (Å²) in [4.78, 5) is 33.1. The van der Waals surface area contributed by atoms with Gasteiger partial charge in [0.05, 0.1) is 29.6 Å². The number of rotatable bonds is 8. The van der Waals surface area contributed by atoms with Crippen molar-refractivity contribution in [3.63, 3.8) is 0 Å². The summed E-state index contributed by atoms with van der Waals surface area (Å²) in [5.41, 5.74) is 4.48. The molecule has 0 fully saturated rings. The highest BCUT2D eigenvalue weighted by molar-refractivity contribution is 7.99. The Morgan fingerprint density at radius 2 is 2.05 bits per heavy atom. The van der Waals surface area contributed by atoms with Crippen LogP contribution in [-0.2, 0) is 17.6 Å². The van der Waals surface area contributed by atoms with E-state index in [1.54, 1.807) is 58.4 Å². The van der Waals surface area contributed by atoms with Crippen molar-refractivity contribution in [2.24, 2.45) is 5.10 Å². The van der Waals surface area contributed by atoms with Gasteiger partial charge < -0.3 is 9.84 Å². The third-order valence-corrected chi connectivity index (χ3v) is 8.47. The first-order valence-corrected chi connectivity index (χ1v) is 14.4. The molecule has 0 aliphatic heterocycles. The molecule has 8 nitrogen and oxygen atoms in total. The molecule has 0 spiro atoms. The molecule has 2 N–H and O–H groups in total. The first-order chi connectivity index (χ1) is 18.5. The topological polar surface area (TPSA) is 106 Å². The van der Waals surface area contributed by atoms with Gasteiger partial charge in [-0.15, -0.1) is 11.3 Å². The number of hydrazone groups is 1. The molecule has 0 saturated carbocycles. The summed E-state index contributed by atoms with van der Waals surface area (Å²) >= 11 is 8.81. The number of carbonyl (C=O) groups is 1. The van der Waals surface area contributed by atoms with Gasteiger partial charge in [-0.1, -0.05) is 29.4 Å². The predicted octanol–water partition coefficient (Wildman–Crippen LogP) is 5.33. The molecule has 11 heteroatoms. The van der Waals surface area contributed by atoms with Crippen LogP contribution in [0.2, 0.25) is 5.02 Å². The van der Waals surface area contributed by atoms with Crippen LogP contribution in [0.4, 0.5) is 0 Å². The predicted molar refractivity (Wildman–Crippen MR) is 153 cm³/mol. The van der Waals surface area contributed by atoms with Crippen LogP contribution in [0, 0.1) is 0 Å². The largest absolute Gasteiger partial charge is 0.504 e. The van der Waals surface area contributed by atoms with Gasteiger partial charge in [0.25, 0.3) is 11.5 Å². The maximum atomic E-state index is 13.8. The molecule has 0 saturated heterocycles. The average molecular weight is 569 g/mol. The number of nitrogens with one attached hydrogen (secondary N) is 1. The highest BCUT2D eigenvalue weighted by atomic mass is 35.5. The fourth-order valence-corrected chi connectivity index (χ4v) is 6.59. The van der Waals surface area contributed by atoms with E-state index in [0.29, 0.717) is 44.0 Å². The van der Waals surface area contributed by atoms with Gasteiger partial charge in [0.2, 0.25) is 0 Å².